The summed E-state index contributed by atoms with van der Waals surface area (Å²) < 4.78 is 5.40. The van der Waals surface area contributed by atoms with Crippen molar-refractivity contribution in [2.75, 3.05) is 32.7 Å². The van der Waals surface area contributed by atoms with Gasteiger partial charge in [0, 0.05) is 26.6 Å². The predicted molar refractivity (Wildman–Crippen MR) is 97.7 cm³/mol. The van der Waals surface area contributed by atoms with E-state index in [1.807, 2.05) is 4.90 Å². The second-order valence-corrected chi connectivity index (χ2v) is 6.71. The highest BCUT2D eigenvalue weighted by Gasteiger charge is 2.24. The lowest BCUT2D eigenvalue weighted by Crippen LogP contribution is -2.36. The van der Waals surface area contributed by atoms with Gasteiger partial charge in [-0.3, -0.25) is 4.79 Å². The van der Waals surface area contributed by atoms with Crippen LogP contribution >= 0.6 is 0 Å². The van der Waals surface area contributed by atoms with E-state index in [0.29, 0.717) is 17.3 Å². The third kappa shape index (κ3) is 4.69. The van der Waals surface area contributed by atoms with E-state index in [0.717, 1.165) is 52.0 Å². The second kappa shape index (κ2) is 8.30. The Morgan fingerprint density at radius 3 is 2.64 bits per heavy atom. The Bertz CT molecular complexity index is 696. The summed E-state index contributed by atoms with van der Waals surface area (Å²) in [5.74, 6) is 1.17. The van der Waals surface area contributed by atoms with Crippen LogP contribution < -0.4 is 0 Å². The molecule has 1 amide bonds. The summed E-state index contributed by atoms with van der Waals surface area (Å²) in [4.78, 5) is 21.3. The van der Waals surface area contributed by atoms with Crippen LogP contribution in [0.15, 0.2) is 34.7 Å². The number of hydrogen-bond donors (Lipinski definition) is 0. The van der Waals surface area contributed by atoms with Crippen LogP contribution in [0.5, 0.6) is 0 Å². The first-order chi connectivity index (χ1) is 12.1. The molecule has 1 saturated heterocycles. The van der Waals surface area contributed by atoms with E-state index in [1.165, 1.54) is 5.56 Å². The Balaban J connectivity index is 1.48. The minimum Gasteiger partial charge on any atom is -0.445 e. The molecule has 0 atom stereocenters. The molecule has 2 heterocycles. The van der Waals surface area contributed by atoms with Crippen molar-refractivity contribution >= 4 is 5.91 Å². The van der Waals surface area contributed by atoms with Gasteiger partial charge in [0.1, 0.15) is 5.76 Å². The van der Waals surface area contributed by atoms with E-state index in [4.69, 9.17) is 4.42 Å². The zero-order chi connectivity index (χ0) is 17.6. The minimum absolute atomic E-state index is 0.000450. The number of nitrogens with zero attached hydrogens (tertiary/aromatic N) is 3. The number of aromatic nitrogens is 1. The highest BCUT2D eigenvalue weighted by Crippen LogP contribution is 2.14. The van der Waals surface area contributed by atoms with Crippen LogP contribution in [0.25, 0.3) is 0 Å². The van der Waals surface area contributed by atoms with E-state index in [-0.39, 0.29) is 5.91 Å². The van der Waals surface area contributed by atoms with Gasteiger partial charge in [-0.1, -0.05) is 30.3 Å². The maximum atomic E-state index is 12.7. The molecule has 0 unspecified atom stereocenters. The number of hydrogen-bond acceptors (Lipinski definition) is 4. The summed E-state index contributed by atoms with van der Waals surface area (Å²) in [7, 11) is 0. The molecule has 0 spiro atoms. The van der Waals surface area contributed by atoms with Crippen LogP contribution in [0, 0.1) is 13.8 Å². The molecule has 1 aliphatic rings. The minimum atomic E-state index is 0.000450. The molecular formula is C20H27N3O2. The molecule has 0 aliphatic carbocycles. The summed E-state index contributed by atoms with van der Waals surface area (Å²) >= 11 is 0. The van der Waals surface area contributed by atoms with Gasteiger partial charge in [0.15, 0.2) is 11.6 Å². The Morgan fingerprint density at radius 2 is 1.92 bits per heavy atom. The van der Waals surface area contributed by atoms with Crippen molar-refractivity contribution in [1.82, 2.24) is 14.8 Å². The molecule has 1 aromatic carbocycles. The first kappa shape index (κ1) is 17.7. The van der Waals surface area contributed by atoms with Crippen molar-refractivity contribution in [2.45, 2.75) is 33.1 Å². The van der Waals surface area contributed by atoms with Crippen molar-refractivity contribution in [2.24, 2.45) is 0 Å². The van der Waals surface area contributed by atoms with Crippen molar-refractivity contribution in [3.05, 3.63) is 53.2 Å². The Labute approximate surface area is 149 Å². The van der Waals surface area contributed by atoms with Crippen molar-refractivity contribution < 1.29 is 9.21 Å². The number of rotatable bonds is 5. The van der Waals surface area contributed by atoms with Crippen molar-refractivity contribution in [3.63, 3.8) is 0 Å². The lowest BCUT2D eigenvalue weighted by Gasteiger charge is -2.21. The molecule has 0 N–H and O–H groups in total. The van der Waals surface area contributed by atoms with E-state index < -0.39 is 0 Å². The van der Waals surface area contributed by atoms with Crippen LogP contribution in [0.3, 0.4) is 0 Å². The summed E-state index contributed by atoms with van der Waals surface area (Å²) in [5, 5.41) is 0. The summed E-state index contributed by atoms with van der Waals surface area (Å²) in [6.45, 7) is 8.20. The van der Waals surface area contributed by atoms with E-state index in [2.05, 4.69) is 40.2 Å². The molecule has 5 nitrogen and oxygen atoms in total. The van der Waals surface area contributed by atoms with Crippen LogP contribution in [0.2, 0.25) is 0 Å². The molecule has 0 radical (unpaired) electrons. The molecule has 134 valence electrons. The third-order valence-electron chi connectivity index (χ3n) is 4.76. The molecule has 0 bridgehead atoms. The van der Waals surface area contributed by atoms with E-state index in [9.17, 15) is 4.79 Å². The zero-order valence-electron chi connectivity index (χ0n) is 15.2. The Hall–Kier alpha value is -2.14. The number of aryl methyl sites for hydroxylation is 3. The maximum absolute atomic E-state index is 12.7. The van der Waals surface area contributed by atoms with Gasteiger partial charge in [-0.25, -0.2) is 4.98 Å². The van der Waals surface area contributed by atoms with Crippen LogP contribution in [-0.4, -0.2) is 53.4 Å². The standard InChI is InChI=1S/C20H27N3O2/c1-16-19(21-17(2)25-16)20(24)23-13-7-12-22(14-15-23)11-6-10-18-8-4-3-5-9-18/h3-5,8-9H,6-7,10-15H2,1-2H3. The fraction of sp³-hybridized carbons (Fsp3) is 0.500. The van der Waals surface area contributed by atoms with Crippen LogP contribution in [-0.2, 0) is 6.42 Å². The number of benzene rings is 1. The highest BCUT2D eigenvalue weighted by molar-refractivity contribution is 5.93. The zero-order valence-corrected chi connectivity index (χ0v) is 15.2. The number of carbonyl (C=O) groups excluding carboxylic acids is 1. The first-order valence-corrected chi connectivity index (χ1v) is 9.13. The molecule has 5 heteroatoms. The second-order valence-electron chi connectivity index (χ2n) is 6.71. The lowest BCUT2D eigenvalue weighted by molar-refractivity contribution is 0.0754. The summed E-state index contributed by atoms with van der Waals surface area (Å²) in [6, 6.07) is 10.6. The van der Waals surface area contributed by atoms with Gasteiger partial charge >= 0.3 is 0 Å². The number of amides is 1. The number of carbonyl (C=O) groups is 1. The topological polar surface area (TPSA) is 49.6 Å². The van der Waals surface area contributed by atoms with Gasteiger partial charge in [0.25, 0.3) is 5.91 Å². The predicted octanol–water partition coefficient (Wildman–Crippen LogP) is 3.07. The first-order valence-electron chi connectivity index (χ1n) is 9.13. The van der Waals surface area contributed by atoms with Gasteiger partial charge in [0.05, 0.1) is 0 Å². The quantitative estimate of drug-likeness (QED) is 0.839. The smallest absolute Gasteiger partial charge is 0.276 e. The average molecular weight is 341 g/mol. The largest absolute Gasteiger partial charge is 0.445 e. The van der Waals surface area contributed by atoms with Gasteiger partial charge in [-0.15, -0.1) is 0 Å². The maximum Gasteiger partial charge on any atom is 0.276 e. The molecule has 2 aromatic rings. The lowest BCUT2D eigenvalue weighted by atomic mass is 10.1. The fourth-order valence-corrected chi connectivity index (χ4v) is 3.43. The SMILES string of the molecule is Cc1nc(C(=O)N2CCCN(CCCc3ccccc3)CC2)c(C)o1. The summed E-state index contributed by atoms with van der Waals surface area (Å²) in [5.41, 5.74) is 1.86. The number of oxazole rings is 1. The molecule has 1 fully saturated rings. The van der Waals surface area contributed by atoms with Crippen molar-refractivity contribution in [1.29, 1.82) is 0 Å². The normalized spacial score (nSPS) is 16.0. The monoisotopic (exact) mass is 341 g/mol. The molecular weight excluding hydrogens is 314 g/mol. The highest BCUT2D eigenvalue weighted by atomic mass is 16.4. The Morgan fingerprint density at radius 1 is 1.12 bits per heavy atom. The fourth-order valence-electron chi connectivity index (χ4n) is 3.43. The van der Waals surface area contributed by atoms with E-state index in [1.54, 1.807) is 13.8 Å². The molecule has 3 rings (SSSR count). The molecule has 25 heavy (non-hydrogen) atoms. The molecule has 1 aliphatic heterocycles. The van der Waals surface area contributed by atoms with Gasteiger partial charge in [-0.2, -0.15) is 0 Å². The van der Waals surface area contributed by atoms with Crippen LogP contribution in [0.1, 0.15) is 40.5 Å². The van der Waals surface area contributed by atoms with Crippen molar-refractivity contribution in [3.8, 4) is 0 Å². The average Bonchev–Trinajstić information content (AvgIpc) is 2.81. The van der Waals surface area contributed by atoms with Gasteiger partial charge in [-0.05, 0) is 44.8 Å². The van der Waals surface area contributed by atoms with Crippen LogP contribution in [0.4, 0.5) is 0 Å². The summed E-state index contributed by atoms with van der Waals surface area (Å²) in [6.07, 6.45) is 3.27. The van der Waals surface area contributed by atoms with Gasteiger partial charge in [0.2, 0.25) is 0 Å². The van der Waals surface area contributed by atoms with E-state index >= 15 is 0 Å². The molecule has 0 saturated carbocycles. The third-order valence-corrected chi connectivity index (χ3v) is 4.76. The van der Waals surface area contributed by atoms with Gasteiger partial charge < -0.3 is 14.2 Å². The Kier molecular flexibility index (Phi) is 5.87. The molecule has 1 aromatic heterocycles.